The highest BCUT2D eigenvalue weighted by Gasteiger charge is 2.16. The Morgan fingerprint density at radius 3 is 2.25 bits per heavy atom. The van der Waals surface area contributed by atoms with Gasteiger partial charge in [-0.05, 0) is 25.8 Å². The number of nitrogen functional groups attached to an aromatic ring is 1. The zero-order valence-electron chi connectivity index (χ0n) is 12.7. The quantitative estimate of drug-likeness (QED) is 0.871. The topological polar surface area (TPSA) is 62.3 Å². The van der Waals surface area contributed by atoms with Crippen molar-refractivity contribution in [1.82, 2.24) is 9.78 Å². The van der Waals surface area contributed by atoms with Crippen molar-refractivity contribution in [3.05, 3.63) is 29.1 Å². The first kappa shape index (κ1) is 14.2. The third kappa shape index (κ3) is 2.19. The Balaban J connectivity index is 2.64. The zero-order valence-corrected chi connectivity index (χ0v) is 12.7. The molecule has 0 aliphatic heterocycles. The van der Waals surface area contributed by atoms with E-state index >= 15 is 0 Å². The van der Waals surface area contributed by atoms with Crippen LogP contribution < -0.4 is 15.2 Å². The van der Waals surface area contributed by atoms with Gasteiger partial charge in [0.2, 0.25) is 0 Å². The number of aromatic nitrogens is 2. The second-order valence-corrected chi connectivity index (χ2v) is 4.68. The molecule has 0 aliphatic rings. The van der Waals surface area contributed by atoms with Gasteiger partial charge in [0, 0.05) is 17.8 Å². The van der Waals surface area contributed by atoms with Crippen LogP contribution >= 0.6 is 0 Å². The highest BCUT2D eigenvalue weighted by atomic mass is 16.5. The van der Waals surface area contributed by atoms with Crippen molar-refractivity contribution in [2.24, 2.45) is 0 Å². The lowest BCUT2D eigenvalue weighted by molar-refractivity contribution is 0.355. The van der Waals surface area contributed by atoms with Gasteiger partial charge in [0.1, 0.15) is 0 Å². The number of nitrogens with two attached hydrogens (primary N) is 1. The average molecular weight is 275 g/mol. The Labute approximate surface area is 119 Å². The molecule has 0 spiro atoms. The Morgan fingerprint density at radius 1 is 1.15 bits per heavy atom. The molecule has 2 rings (SSSR count). The largest absolute Gasteiger partial charge is 0.493 e. The Bertz CT molecular complexity index is 633. The lowest BCUT2D eigenvalue weighted by Gasteiger charge is -2.13. The SMILES string of the molecule is CCc1c(C)nn(-c2cc(OC)c(OC)cc2N)c1C. The van der Waals surface area contributed by atoms with E-state index in [2.05, 4.69) is 18.9 Å². The average Bonchev–Trinajstić information content (AvgIpc) is 2.72. The van der Waals surface area contributed by atoms with E-state index in [1.807, 2.05) is 17.7 Å². The van der Waals surface area contributed by atoms with E-state index in [1.165, 1.54) is 5.56 Å². The highest BCUT2D eigenvalue weighted by Crippen LogP contribution is 2.34. The summed E-state index contributed by atoms with van der Waals surface area (Å²) >= 11 is 0. The fourth-order valence-corrected chi connectivity index (χ4v) is 2.49. The van der Waals surface area contributed by atoms with Gasteiger partial charge in [0.25, 0.3) is 0 Å². The minimum atomic E-state index is 0.607. The van der Waals surface area contributed by atoms with Gasteiger partial charge >= 0.3 is 0 Å². The van der Waals surface area contributed by atoms with Gasteiger partial charge in [0.05, 0.1) is 31.3 Å². The number of hydrogen-bond acceptors (Lipinski definition) is 4. The number of aryl methyl sites for hydroxylation is 1. The fourth-order valence-electron chi connectivity index (χ4n) is 2.49. The molecule has 108 valence electrons. The van der Waals surface area contributed by atoms with Gasteiger partial charge in [-0.3, -0.25) is 0 Å². The zero-order chi connectivity index (χ0) is 14.9. The van der Waals surface area contributed by atoms with E-state index in [0.29, 0.717) is 17.2 Å². The van der Waals surface area contributed by atoms with Gasteiger partial charge in [-0.15, -0.1) is 0 Å². The summed E-state index contributed by atoms with van der Waals surface area (Å²) in [6, 6.07) is 3.61. The van der Waals surface area contributed by atoms with Crippen LogP contribution in [0.1, 0.15) is 23.9 Å². The van der Waals surface area contributed by atoms with Crippen LogP contribution in [0.25, 0.3) is 5.69 Å². The summed E-state index contributed by atoms with van der Waals surface area (Å²) in [7, 11) is 3.20. The maximum Gasteiger partial charge on any atom is 0.163 e. The van der Waals surface area contributed by atoms with E-state index in [9.17, 15) is 0 Å². The summed E-state index contributed by atoms with van der Waals surface area (Å²) in [5.41, 5.74) is 10.9. The number of ether oxygens (including phenoxy) is 2. The number of nitrogens with zero attached hydrogens (tertiary/aromatic N) is 2. The Hall–Kier alpha value is -2.17. The molecule has 0 aliphatic carbocycles. The van der Waals surface area contributed by atoms with Crippen molar-refractivity contribution in [2.75, 3.05) is 20.0 Å². The minimum Gasteiger partial charge on any atom is -0.493 e. The van der Waals surface area contributed by atoms with E-state index in [4.69, 9.17) is 15.2 Å². The molecule has 0 fully saturated rings. The molecule has 0 unspecified atom stereocenters. The molecule has 2 aromatic rings. The second kappa shape index (κ2) is 5.45. The lowest BCUT2D eigenvalue weighted by atomic mass is 10.1. The molecule has 0 atom stereocenters. The highest BCUT2D eigenvalue weighted by molar-refractivity contribution is 5.66. The maximum atomic E-state index is 6.13. The van der Waals surface area contributed by atoms with Crippen LogP contribution in [-0.2, 0) is 6.42 Å². The molecule has 2 N–H and O–H groups in total. The molecule has 1 heterocycles. The first-order valence-corrected chi connectivity index (χ1v) is 6.60. The number of benzene rings is 1. The minimum absolute atomic E-state index is 0.607. The van der Waals surface area contributed by atoms with Crippen LogP contribution in [0.4, 0.5) is 5.69 Å². The fraction of sp³-hybridized carbons (Fsp3) is 0.400. The van der Waals surface area contributed by atoms with E-state index in [0.717, 1.165) is 23.5 Å². The maximum absolute atomic E-state index is 6.13. The standard InChI is InChI=1S/C15H21N3O2/c1-6-11-9(2)17-18(10(11)3)13-8-15(20-5)14(19-4)7-12(13)16/h7-8H,6,16H2,1-5H3. The summed E-state index contributed by atoms with van der Waals surface area (Å²) < 4.78 is 12.5. The van der Waals surface area contributed by atoms with E-state index in [1.54, 1.807) is 20.3 Å². The summed E-state index contributed by atoms with van der Waals surface area (Å²) in [4.78, 5) is 0. The second-order valence-electron chi connectivity index (χ2n) is 4.68. The van der Waals surface area contributed by atoms with Gasteiger partial charge in [-0.1, -0.05) is 6.92 Å². The van der Waals surface area contributed by atoms with Crippen molar-refractivity contribution in [1.29, 1.82) is 0 Å². The van der Waals surface area contributed by atoms with E-state index < -0.39 is 0 Å². The molecule has 0 amide bonds. The van der Waals surface area contributed by atoms with Crippen LogP contribution in [0, 0.1) is 13.8 Å². The Morgan fingerprint density at radius 2 is 1.75 bits per heavy atom. The van der Waals surface area contributed by atoms with Crippen LogP contribution in [0.2, 0.25) is 0 Å². The molecule has 1 aromatic carbocycles. The van der Waals surface area contributed by atoms with Crippen LogP contribution in [0.5, 0.6) is 11.5 Å². The molecule has 0 saturated heterocycles. The van der Waals surface area contributed by atoms with Crippen LogP contribution in [0.3, 0.4) is 0 Å². The number of methoxy groups -OCH3 is 2. The van der Waals surface area contributed by atoms with Crippen molar-refractivity contribution in [2.45, 2.75) is 27.2 Å². The van der Waals surface area contributed by atoms with Gasteiger partial charge in [0.15, 0.2) is 11.5 Å². The predicted octanol–water partition coefficient (Wildman–Crippen LogP) is 2.65. The normalized spacial score (nSPS) is 10.7. The molecule has 20 heavy (non-hydrogen) atoms. The number of hydrogen-bond donors (Lipinski definition) is 1. The molecule has 1 aromatic heterocycles. The summed E-state index contributed by atoms with van der Waals surface area (Å²) in [5.74, 6) is 1.26. The third-order valence-corrected chi connectivity index (χ3v) is 3.56. The van der Waals surface area contributed by atoms with Gasteiger partial charge in [-0.25, -0.2) is 4.68 Å². The van der Waals surface area contributed by atoms with Crippen LogP contribution in [0.15, 0.2) is 12.1 Å². The van der Waals surface area contributed by atoms with Crippen LogP contribution in [-0.4, -0.2) is 24.0 Å². The third-order valence-electron chi connectivity index (χ3n) is 3.56. The first-order valence-electron chi connectivity index (χ1n) is 6.60. The monoisotopic (exact) mass is 275 g/mol. The van der Waals surface area contributed by atoms with Crippen molar-refractivity contribution in [3.8, 4) is 17.2 Å². The molecule has 5 nitrogen and oxygen atoms in total. The smallest absolute Gasteiger partial charge is 0.163 e. The Kier molecular flexibility index (Phi) is 3.88. The van der Waals surface area contributed by atoms with Crippen molar-refractivity contribution < 1.29 is 9.47 Å². The molecule has 0 radical (unpaired) electrons. The van der Waals surface area contributed by atoms with Gasteiger partial charge < -0.3 is 15.2 Å². The van der Waals surface area contributed by atoms with Crippen molar-refractivity contribution in [3.63, 3.8) is 0 Å². The van der Waals surface area contributed by atoms with Gasteiger partial charge in [-0.2, -0.15) is 5.10 Å². The summed E-state index contributed by atoms with van der Waals surface area (Å²) in [6.07, 6.45) is 0.949. The van der Waals surface area contributed by atoms with E-state index in [-0.39, 0.29) is 0 Å². The van der Waals surface area contributed by atoms with Crippen molar-refractivity contribution >= 4 is 5.69 Å². The molecule has 5 heteroatoms. The number of rotatable bonds is 4. The molecule has 0 bridgehead atoms. The number of anilines is 1. The summed E-state index contributed by atoms with van der Waals surface area (Å²) in [5, 5.41) is 4.58. The summed E-state index contributed by atoms with van der Waals surface area (Å²) in [6.45, 7) is 6.19. The lowest BCUT2D eigenvalue weighted by Crippen LogP contribution is -2.05. The molecular weight excluding hydrogens is 254 g/mol. The first-order chi connectivity index (χ1) is 9.53. The molecule has 0 saturated carbocycles. The predicted molar refractivity (Wildman–Crippen MR) is 79.9 cm³/mol. The molecular formula is C15H21N3O2.